The zero-order valence-electron chi connectivity index (χ0n) is 11.7. The minimum atomic E-state index is -4.61. The van der Waals surface area contributed by atoms with Gasteiger partial charge in [-0.15, -0.1) is 13.2 Å². The van der Waals surface area contributed by atoms with Gasteiger partial charge in [0.1, 0.15) is 5.75 Å². The molecule has 0 unspecified atom stereocenters. The number of rotatable bonds is 4. The molecule has 1 saturated carbocycles. The molecule has 4 heteroatoms. The summed E-state index contributed by atoms with van der Waals surface area (Å²) in [7, 11) is 0. The zero-order valence-corrected chi connectivity index (χ0v) is 11.7. The summed E-state index contributed by atoms with van der Waals surface area (Å²) in [5.74, 6) is 1.48. The largest absolute Gasteiger partial charge is 0.573 e. The van der Waals surface area contributed by atoms with Crippen molar-refractivity contribution in [1.29, 1.82) is 0 Å². The Morgan fingerprint density at radius 2 is 1.65 bits per heavy atom. The predicted molar refractivity (Wildman–Crippen MR) is 72.6 cm³/mol. The summed E-state index contributed by atoms with van der Waals surface area (Å²) >= 11 is 0. The van der Waals surface area contributed by atoms with Crippen LogP contribution in [0.25, 0.3) is 0 Å². The first-order chi connectivity index (χ1) is 9.42. The predicted octanol–water partition coefficient (Wildman–Crippen LogP) is 5.34. The maximum Gasteiger partial charge on any atom is 0.573 e. The van der Waals surface area contributed by atoms with E-state index in [1.165, 1.54) is 37.8 Å². The van der Waals surface area contributed by atoms with Crippen molar-refractivity contribution in [3.05, 3.63) is 29.8 Å². The number of halogens is 3. The van der Waals surface area contributed by atoms with Gasteiger partial charge in [-0.25, -0.2) is 0 Å². The Labute approximate surface area is 118 Å². The molecule has 0 atom stereocenters. The van der Waals surface area contributed by atoms with Crippen molar-refractivity contribution < 1.29 is 17.9 Å². The van der Waals surface area contributed by atoms with Crippen molar-refractivity contribution >= 4 is 0 Å². The molecule has 1 aliphatic rings. The number of aryl methyl sites for hydroxylation is 1. The van der Waals surface area contributed by atoms with Crippen LogP contribution in [0.3, 0.4) is 0 Å². The Balaban J connectivity index is 1.79. The Morgan fingerprint density at radius 1 is 1.05 bits per heavy atom. The van der Waals surface area contributed by atoms with Gasteiger partial charge in [0.2, 0.25) is 0 Å². The number of alkyl halides is 3. The molecule has 1 nitrogen and oxygen atoms in total. The van der Waals surface area contributed by atoms with Gasteiger partial charge in [-0.1, -0.05) is 44.7 Å². The second-order valence-corrected chi connectivity index (χ2v) is 5.86. The lowest BCUT2D eigenvalue weighted by molar-refractivity contribution is -0.274. The first-order valence-corrected chi connectivity index (χ1v) is 7.27. The topological polar surface area (TPSA) is 9.23 Å². The van der Waals surface area contributed by atoms with Crippen LogP contribution in [0, 0.1) is 11.8 Å². The third-order valence-electron chi connectivity index (χ3n) is 4.13. The van der Waals surface area contributed by atoms with Crippen LogP contribution >= 0.6 is 0 Å². The van der Waals surface area contributed by atoms with Gasteiger partial charge in [0, 0.05) is 0 Å². The van der Waals surface area contributed by atoms with Crippen LogP contribution in [0.2, 0.25) is 0 Å². The molecule has 2 rings (SSSR count). The van der Waals surface area contributed by atoms with E-state index in [9.17, 15) is 13.2 Å². The molecule has 0 bridgehead atoms. The molecule has 0 spiro atoms. The minimum Gasteiger partial charge on any atom is -0.406 e. The molecule has 1 aromatic carbocycles. The SMILES string of the molecule is CC1CCC(CCc2ccc(OC(F)(F)F)cc2)CC1. The van der Waals surface area contributed by atoms with Crippen LogP contribution in [-0.4, -0.2) is 6.36 Å². The highest BCUT2D eigenvalue weighted by molar-refractivity contribution is 5.27. The lowest BCUT2D eigenvalue weighted by Gasteiger charge is -2.26. The fourth-order valence-electron chi connectivity index (χ4n) is 2.85. The summed E-state index contributed by atoms with van der Waals surface area (Å²) < 4.78 is 40.0. The van der Waals surface area contributed by atoms with Gasteiger partial charge in [0.15, 0.2) is 0 Å². The molecule has 20 heavy (non-hydrogen) atoms. The van der Waals surface area contributed by atoms with Gasteiger partial charge >= 0.3 is 6.36 Å². The Morgan fingerprint density at radius 3 is 2.20 bits per heavy atom. The number of hydrogen-bond acceptors (Lipinski definition) is 1. The monoisotopic (exact) mass is 286 g/mol. The Hall–Kier alpha value is -1.19. The number of ether oxygens (including phenoxy) is 1. The van der Waals surface area contributed by atoms with Crippen molar-refractivity contribution in [3.8, 4) is 5.75 Å². The van der Waals surface area contributed by atoms with Crippen LogP contribution in [0.15, 0.2) is 24.3 Å². The molecule has 0 aromatic heterocycles. The van der Waals surface area contributed by atoms with Crippen LogP contribution in [-0.2, 0) is 6.42 Å². The normalized spacial score (nSPS) is 23.6. The van der Waals surface area contributed by atoms with Crippen LogP contribution in [0.5, 0.6) is 5.75 Å². The summed E-state index contributed by atoms with van der Waals surface area (Å²) in [5, 5.41) is 0. The fourth-order valence-corrected chi connectivity index (χ4v) is 2.85. The van der Waals surface area contributed by atoms with E-state index in [0.29, 0.717) is 0 Å². The minimum absolute atomic E-state index is 0.146. The lowest BCUT2D eigenvalue weighted by atomic mass is 9.80. The zero-order chi connectivity index (χ0) is 14.6. The van der Waals surface area contributed by atoms with E-state index < -0.39 is 6.36 Å². The third-order valence-corrected chi connectivity index (χ3v) is 4.13. The summed E-state index contributed by atoms with van der Waals surface area (Å²) in [5.41, 5.74) is 1.08. The quantitative estimate of drug-likeness (QED) is 0.725. The van der Waals surface area contributed by atoms with E-state index in [4.69, 9.17) is 0 Å². The molecule has 0 saturated heterocycles. The molecule has 0 aliphatic heterocycles. The highest BCUT2D eigenvalue weighted by Crippen LogP contribution is 2.31. The maximum atomic E-state index is 12.0. The molecule has 1 aromatic rings. The summed E-state index contributed by atoms with van der Waals surface area (Å²) in [6.45, 7) is 2.30. The smallest absolute Gasteiger partial charge is 0.406 e. The van der Waals surface area contributed by atoms with Crippen LogP contribution in [0.1, 0.15) is 44.6 Å². The standard InChI is InChI=1S/C16H21F3O/c1-12-2-4-13(5-3-12)6-7-14-8-10-15(11-9-14)20-16(17,18)19/h8-13H,2-7H2,1H3. The first-order valence-electron chi connectivity index (χ1n) is 7.27. The molecule has 0 N–H and O–H groups in total. The van der Waals surface area contributed by atoms with Crippen molar-refractivity contribution in [2.75, 3.05) is 0 Å². The maximum absolute atomic E-state index is 12.0. The van der Waals surface area contributed by atoms with E-state index in [1.54, 1.807) is 12.1 Å². The van der Waals surface area contributed by atoms with E-state index in [2.05, 4.69) is 11.7 Å². The van der Waals surface area contributed by atoms with Crippen molar-refractivity contribution in [1.82, 2.24) is 0 Å². The van der Waals surface area contributed by atoms with E-state index in [-0.39, 0.29) is 5.75 Å². The molecule has 0 radical (unpaired) electrons. The summed E-state index contributed by atoms with van der Waals surface area (Å²) in [6, 6.07) is 6.25. The molecule has 1 fully saturated rings. The van der Waals surface area contributed by atoms with Crippen molar-refractivity contribution in [3.63, 3.8) is 0 Å². The van der Waals surface area contributed by atoms with Gasteiger partial charge < -0.3 is 4.74 Å². The average molecular weight is 286 g/mol. The Kier molecular flexibility index (Phi) is 4.95. The van der Waals surface area contributed by atoms with Gasteiger partial charge in [-0.2, -0.15) is 0 Å². The molecule has 1 aliphatic carbocycles. The lowest BCUT2D eigenvalue weighted by Crippen LogP contribution is -2.17. The average Bonchev–Trinajstić information content (AvgIpc) is 2.38. The number of hydrogen-bond donors (Lipinski definition) is 0. The second kappa shape index (κ2) is 6.51. The highest BCUT2D eigenvalue weighted by Gasteiger charge is 2.30. The second-order valence-electron chi connectivity index (χ2n) is 5.86. The first kappa shape index (κ1) is 15.2. The van der Waals surface area contributed by atoms with Gasteiger partial charge in [0.05, 0.1) is 0 Å². The summed E-state index contributed by atoms with van der Waals surface area (Å²) in [4.78, 5) is 0. The fraction of sp³-hybridized carbons (Fsp3) is 0.625. The van der Waals surface area contributed by atoms with Crippen LogP contribution < -0.4 is 4.74 Å². The van der Waals surface area contributed by atoms with E-state index >= 15 is 0 Å². The molecule has 0 amide bonds. The Bertz CT molecular complexity index is 403. The van der Waals surface area contributed by atoms with Crippen molar-refractivity contribution in [2.45, 2.75) is 51.8 Å². The highest BCUT2D eigenvalue weighted by atomic mass is 19.4. The van der Waals surface area contributed by atoms with Gasteiger partial charge in [-0.05, 0) is 42.4 Å². The van der Waals surface area contributed by atoms with E-state index in [1.807, 2.05) is 0 Å². The van der Waals surface area contributed by atoms with Crippen molar-refractivity contribution in [2.24, 2.45) is 11.8 Å². The third kappa shape index (κ3) is 5.06. The van der Waals surface area contributed by atoms with E-state index in [0.717, 1.165) is 30.2 Å². The van der Waals surface area contributed by atoms with Crippen LogP contribution in [0.4, 0.5) is 13.2 Å². The molecule has 0 heterocycles. The van der Waals surface area contributed by atoms with Gasteiger partial charge in [-0.3, -0.25) is 0 Å². The number of benzene rings is 1. The van der Waals surface area contributed by atoms with Gasteiger partial charge in [0.25, 0.3) is 0 Å². The molecular formula is C16H21F3O. The molecule has 112 valence electrons. The summed E-state index contributed by atoms with van der Waals surface area (Å²) in [6.07, 6.45) is 2.65. The molecular weight excluding hydrogens is 265 g/mol.